The van der Waals surface area contributed by atoms with Gasteiger partial charge in [-0.05, 0) is 43.5 Å². The fraction of sp³-hybridized carbons (Fsp3) is 0.429. The third-order valence-electron chi connectivity index (χ3n) is 5.28. The monoisotopic (exact) mass is 465 g/mol. The molecule has 31 heavy (non-hydrogen) atoms. The molecule has 0 unspecified atom stereocenters. The van der Waals surface area contributed by atoms with Crippen LogP contribution in [0.4, 0.5) is 5.69 Å². The number of ether oxygens (including phenoxy) is 1. The van der Waals surface area contributed by atoms with Crippen LogP contribution in [0.2, 0.25) is 0 Å². The summed E-state index contributed by atoms with van der Waals surface area (Å²) in [5.41, 5.74) is 0.325. The van der Waals surface area contributed by atoms with Gasteiger partial charge in [0.15, 0.2) is 0 Å². The second-order valence-electron chi connectivity index (χ2n) is 7.53. The van der Waals surface area contributed by atoms with E-state index in [4.69, 9.17) is 9.88 Å². The summed E-state index contributed by atoms with van der Waals surface area (Å²) in [5.74, 6) is 0.995. The fourth-order valence-electron chi connectivity index (χ4n) is 3.54. The Morgan fingerprint density at radius 3 is 2.52 bits per heavy atom. The van der Waals surface area contributed by atoms with Gasteiger partial charge < -0.3 is 4.74 Å². The Bertz CT molecular complexity index is 980. The summed E-state index contributed by atoms with van der Waals surface area (Å²) >= 11 is 1.73. The standard InChI is InChI=1S/C21H27N3O5S2/c22-31(27,28)20-7-6-18(21(15-20)24(25)26)14-17(8-9-23-10-12-29-13-11-23)16-30-19-4-2-1-3-5-19/h1-7,15,17H,8-14,16H2,(H2,22,27,28)/t17-/m0/s1. The summed E-state index contributed by atoms with van der Waals surface area (Å²) in [6, 6.07) is 14.0. The Balaban J connectivity index is 1.76. The summed E-state index contributed by atoms with van der Waals surface area (Å²) in [7, 11) is -4.00. The van der Waals surface area contributed by atoms with Crippen molar-refractivity contribution in [3.63, 3.8) is 0 Å². The number of hydrogen-bond acceptors (Lipinski definition) is 7. The molecule has 168 valence electrons. The van der Waals surface area contributed by atoms with Gasteiger partial charge in [0.2, 0.25) is 10.0 Å². The van der Waals surface area contributed by atoms with E-state index in [0.29, 0.717) is 12.0 Å². The molecule has 1 heterocycles. The van der Waals surface area contributed by atoms with Crippen LogP contribution in [-0.4, -0.2) is 56.8 Å². The summed E-state index contributed by atoms with van der Waals surface area (Å²) in [4.78, 5) is 14.3. The van der Waals surface area contributed by atoms with Gasteiger partial charge in [0.05, 0.1) is 23.0 Å². The number of nitrogens with two attached hydrogens (primary N) is 1. The van der Waals surface area contributed by atoms with E-state index in [-0.39, 0.29) is 16.5 Å². The Morgan fingerprint density at radius 2 is 1.87 bits per heavy atom. The second kappa shape index (κ2) is 11.1. The first kappa shape index (κ1) is 23.7. The van der Waals surface area contributed by atoms with Gasteiger partial charge in [-0.3, -0.25) is 15.0 Å². The van der Waals surface area contributed by atoms with E-state index in [2.05, 4.69) is 4.90 Å². The molecule has 2 aromatic carbocycles. The van der Waals surface area contributed by atoms with Crippen molar-refractivity contribution in [3.8, 4) is 0 Å². The van der Waals surface area contributed by atoms with Crippen LogP contribution in [0.5, 0.6) is 0 Å². The fourth-order valence-corrected chi connectivity index (χ4v) is 5.14. The Kier molecular flexibility index (Phi) is 8.44. The molecule has 0 saturated carbocycles. The van der Waals surface area contributed by atoms with Gasteiger partial charge in [0.1, 0.15) is 0 Å². The molecule has 0 spiro atoms. The summed E-state index contributed by atoms with van der Waals surface area (Å²) < 4.78 is 28.6. The molecule has 1 aliphatic rings. The van der Waals surface area contributed by atoms with Crippen LogP contribution in [0, 0.1) is 16.0 Å². The molecule has 0 aliphatic carbocycles. The second-order valence-corrected chi connectivity index (χ2v) is 10.2. The van der Waals surface area contributed by atoms with E-state index in [1.807, 2.05) is 30.3 Å². The lowest BCUT2D eigenvalue weighted by Crippen LogP contribution is -2.37. The van der Waals surface area contributed by atoms with Crippen LogP contribution in [0.3, 0.4) is 0 Å². The predicted octanol–water partition coefficient (Wildman–Crippen LogP) is 2.92. The molecule has 0 radical (unpaired) electrons. The van der Waals surface area contributed by atoms with Crippen molar-refractivity contribution in [2.24, 2.45) is 11.1 Å². The molecule has 1 aliphatic heterocycles. The maximum absolute atomic E-state index is 11.6. The minimum Gasteiger partial charge on any atom is -0.379 e. The molecule has 1 atom stereocenters. The van der Waals surface area contributed by atoms with E-state index in [0.717, 1.165) is 56.0 Å². The van der Waals surface area contributed by atoms with Crippen LogP contribution in [0.25, 0.3) is 0 Å². The molecule has 3 rings (SSSR count). The van der Waals surface area contributed by atoms with Crippen molar-refractivity contribution in [1.82, 2.24) is 4.90 Å². The minimum atomic E-state index is -4.00. The highest BCUT2D eigenvalue weighted by Crippen LogP contribution is 2.29. The third kappa shape index (κ3) is 7.29. The van der Waals surface area contributed by atoms with E-state index in [1.165, 1.54) is 12.1 Å². The number of nitro groups is 1. The first-order valence-electron chi connectivity index (χ1n) is 10.1. The van der Waals surface area contributed by atoms with Crippen LogP contribution < -0.4 is 5.14 Å². The molecule has 0 amide bonds. The topological polar surface area (TPSA) is 116 Å². The van der Waals surface area contributed by atoms with Crippen molar-refractivity contribution in [2.45, 2.75) is 22.6 Å². The molecule has 1 fully saturated rings. The normalized spacial score (nSPS) is 16.2. The van der Waals surface area contributed by atoms with Crippen LogP contribution in [0.15, 0.2) is 58.3 Å². The number of thioether (sulfide) groups is 1. The first-order valence-corrected chi connectivity index (χ1v) is 12.6. The average Bonchev–Trinajstić information content (AvgIpc) is 2.76. The predicted molar refractivity (Wildman–Crippen MR) is 121 cm³/mol. The molecular formula is C21H27N3O5S2. The van der Waals surface area contributed by atoms with Crippen molar-refractivity contribution >= 4 is 27.5 Å². The number of hydrogen-bond donors (Lipinski definition) is 1. The van der Waals surface area contributed by atoms with Crippen molar-refractivity contribution in [3.05, 3.63) is 64.2 Å². The molecule has 0 aromatic heterocycles. The number of sulfonamides is 1. The lowest BCUT2D eigenvalue weighted by Gasteiger charge is -2.28. The van der Waals surface area contributed by atoms with Gasteiger partial charge in [-0.15, -0.1) is 11.8 Å². The maximum Gasteiger partial charge on any atom is 0.273 e. The number of nitro benzene ring substituents is 1. The molecule has 1 saturated heterocycles. The molecule has 2 N–H and O–H groups in total. The van der Waals surface area contributed by atoms with Gasteiger partial charge in [-0.1, -0.05) is 24.3 Å². The third-order valence-corrected chi connectivity index (χ3v) is 7.43. The van der Waals surface area contributed by atoms with Gasteiger partial charge in [-0.25, -0.2) is 13.6 Å². The summed E-state index contributed by atoms with van der Waals surface area (Å²) in [6.45, 7) is 4.13. The smallest absolute Gasteiger partial charge is 0.273 e. The van der Waals surface area contributed by atoms with Crippen molar-refractivity contribution < 1.29 is 18.1 Å². The lowest BCUT2D eigenvalue weighted by molar-refractivity contribution is -0.385. The van der Waals surface area contributed by atoms with E-state index in [9.17, 15) is 18.5 Å². The number of primary sulfonamides is 1. The van der Waals surface area contributed by atoms with Crippen LogP contribution in [-0.2, 0) is 21.2 Å². The van der Waals surface area contributed by atoms with Crippen molar-refractivity contribution in [1.29, 1.82) is 0 Å². The highest BCUT2D eigenvalue weighted by atomic mass is 32.2. The summed E-state index contributed by atoms with van der Waals surface area (Å²) in [5, 5.41) is 16.8. The zero-order valence-corrected chi connectivity index (χ0v) is 18.8. The minimum absolute atomic E-state index is 0.187. The number of morpholine rings is 1. The number of benzene rings is 2. The van der Waals surface area contributed by atoms with E-state index in [1.54, 1.807) is 11.8 Å². The van der Waals surface area contributed by atoms with Gasteiger partial charge in [0, 0.05) is 35.4 Å². The maximum atomic E-state index is 11.6. The van der Waals surface area contributed by atoms with E-state index >= 15 is 0 Å². The highest BCUT2D eigenvalue weighted by molar-refractivity contribution is 7.99. The van der Waals surface area contributed by atoms with E-state index < -0.39 is 14.9 Å². The van der Waals surface area contributed by atoms with Crippen LogP contribution >= 0.6 is 11.8 Å². The zero-order valence-electron chi connectivity index (χ0n) is 17.2. The SMILES string of the molecule is NS(=O)(=O)c1ccc(C[C@H](CCN2CCOCC2)CSc2ccccc2)c([N+](=O)[O-])c1. The lowest BCUT2D eigenvalue weighted by atomic mass is 9.96. The zero-order chi connectivity index (χ0) is 22.3. The molecule has 10 heteroatoms. The quantitative estimate of drug-likeness (QED) is 0.326. The first-order chi connectivity index (χ1) is 14.8. The van der Waals surface area contributed by atoms with Crippen molar-refractivity contribution in [2.75, 3.05) is 38.6 Å². The van der Waals surface area contributed by atoms with Crippen LogP contribution in [0.1, 0.15) is 12.0 Å². The Hall–Kier alpha value is -1.98. The highest BCUT2D eigenvalue weighted by Gasteiger charge is 2.22. The van der Waals surface area contributed by atoms with Gasteiger partial charge >= 0.3 is 0 Å². The molecular weight excluding hydrogens is 438 g/mol. The number of nitrogens with zero attached hydrogens (tertiary/aromatic N) is 2. The molecule has 2 aromatic rings. The molecule has 0 bridgehead atoms. The largest absolute Gasteiger partial charge is 0.379 e. The Labute approximate surface area is 187 Å². The average molecular weight is 466 g/mol. The number of rotatable bonds is 10. The van der Waals surface area contributed by atoms with Gasteiger partial charge in [0.25, 0.3) is 5.69 Å². The molecule has 8 nitrogen and oxygen atoms in total. The van der Waals surface area contributed by atoms with Gasteiger partial charge in [-0.2, -0.15) is 0 Å². The summed E-state index contributed by atoms with van der Waals surface area (Å²) in [6.07, 6.45) is 1.37. The Morgan fingerprint density at radius 1 is 1.16 bits per heavy atom.